The van der Waals surface area contributed by atoms with Crippen molar-refractivity contribution in [1.29, 1.82) is 0 Å². The Morgan fingerprint density at radius 3 is 1.60 bits per heavy atom. The molecule has 9 atom stereocenters. The van der Waals surface area contributed by atoms with Crippen LogP contribution in [-0.2, 0) is 4.74 Å². The molecule has 0 unspecified atom stereocenters. The number of alkyl halides is 4. The zero-order chi connectivity index (χ0) is 76.7. The van der Waals surface area contributed by atoms with Crippen LogP contribution in [0.15, 0.2) is 36.8 Å². The van der Waals surface area contributed by atoms with Crippen LogP contribution in [0.3, 0.4) is 0 Å². The van der Waals surface area contributed by atoms with Crippen LogP contribution in [0.25, 0.3) is 31.3 Å². The first kappa shape index (κ1) is 78.7. The van der Waals surface area contributed by atoms with Gasteiger partial charge in [0.05, 0.1) is 64.8 Å². The van der Waals surface area contributed by atoms with Crippen LogP contribution in [0.5, 0.6) is 0 Å². The standard InChI is InChI=1S/C26H33N5O4S.C25H33F2N5O3S.C24H31F2N5O3S/c1-13-9-21(28-14(2)15-3-4-15)27-10-18(13)23-22(26(34)31-16-5-6-17(31)8-7-16)30-25(36-23)24(33)29-19-11-35-12-20(19)32;1-13-6-5-9-32(13)24(35)19-20(36-23(30-19)22(34)29-14-7-8-15(33)10-14)17-12-28-18(31-25(2,3)4)11-16(17)21(26)27;1-12(2)28-18-8-13(3)15(10-27-18)20-19(23(34)31-11-24(25,26)9-14(31)4)30-22(35-20)21(33)29-16-6-5-7-17(16)32/h9-10,14-17,19-20,32H,3-8,11-12H2,1-2H3,(H,27,28)(H,29,33);11-15,21,33H,5-10H2,1-4H3,(H,28,31)(H,29,34);8,10,12,14,16-17,32H,5-7,9,11H2,1-4H3,(H,27,28)(H,29,33)/t14-,16?,17?,19+,20+;13-,14-,15-;14-,16-,17-/m100/s1. The number of likely N-dealkylation sites (tertiary alicyclic amines) is 2. The number of aryl methyl sites for hydroxylation is 2. The first-order chi connectivity index (χ1) is 50.8. The minimum atomic E-state index is -2.97. The molecule has 14 rings (SSSR count). The molecule has 32 heteroatoms. The van der Waals surface area contributed by atoms with Gasteiger partial charge >= 0.3 is 0 Å². The highest BCUT2D eigenvalue weighted by atomic mass is 32.1. The third kappa shape index (κ3) is 18.4. The number of pyridine rings is 3. The number of ether oxygens (including phenoxy) is 1. The van der Waals surface area contributed by atoms with Gasteiger partial charge in [0.1, 0.15) is 34.5 Å². The maximum Gasteiger partial charge on any atom is 0.280 e. The molecule has 6 aromatic rings. The lowest BCUT2D eigenvalue weighted by Crippen LogP contribution is -2.42. The van der Waals surface area contributed by atoms with Gasteiger partial charge in [0, 0.05) is 102 Å². The summed E-state index contributed by atoms with van der Waals surface area (Å²) in [5, 5.41) is 48.5. The van der Waals surface area contributed by atoms with Gasteiger partial charge in [-0.3, -0.25) is 28.8 Å². The third-order valence-electron chi connectivity index (χ3n) is 21.0. The van der Waals surface area contributed by atoms with Gasteiger partial charge in [0.2, 0.25) is 0 Å². The Bertz CT molecular complexity index is 4260. The fraction of sp³-hybridized carbons (Fsp3) is 0.600. The van der Waals surface area contributed by atoms with Crippen molar-refractivity contribution in [3.8, 4) is 31.3 Å². The zero-order valence-corrected chi connectivity index (χ0v) is 64.4. The van der Waals surface area contributed by atoms with Gasteiger partial charge in [-0.2, -0.15) is 0 Å². The SMILES string of the molecule is C[C@H]1CCCN1C(=O)c1nc(C(=O)N[C@H]2CC[C@H](O)C2)sc1-c1cnc(NC(C)(C)C)cc1C(F)F.Cc1cc(NC(C)C)ncc1-c1sc(C(=O)N[C@H]2CCC[C@@H]2O)nc1C(=O)N1CC(F)(F)C[C@@H]1C.Cc1cc(N[C@H](C)C2CC2)ncc1-c1sc(C(=O)N[C@H]2COC[C@@H]2O)nc1C(=O)N1C2CCC1CC2. The number of halogens is 4. The summed E-state index contributed by atoms with van der Waals surface area (Å²) >= 11 is 3.15. The van der Waals surface area contributed by atoms with Gasteiger partial charge in [0.15, 0.2) is 15.0 Å². The second-order valence-corrected chi connectivity index (χ2v) is 34.2. The summed E-state index contributed by atoms with van der Waals surface area (Å²) in [7, 11) is 0. The van der Waals surface area contributed by atoms with E-state index in [4.69, 9.17) is 4.74 Å². The molecule has 11 heterocycles. The molecular formula is C75H97F4N15O10S3. The minimum absolute atomic E-state index is 0.00430. The molecular weight excluding hydrogens is 1440 g/mol. The summed E-state index contributed by atoms with van der Waals surface area (Å²) in [6, 6.07) is 4.48. The maximum absolute atomic E-state index is 14.2. The van der Waals surface area contributed by atoms with Crippen molar-refractivity contribution in [2.45, 2.75) is 256 Å². The number of aliphatic hydroxyl groups excluding tert-OH is 3. The Hall–Kier alpha value is -7.88. The largest absolute Gasteiger partial charge is 0.393 e. The van der Waals surface area contributed by atoms with Gasteiger partial charge in [-0.25, -0.2) is 47.5 Å². The van der Waals surface area contributed by atoms with Crippen LogP contribution < -0.4 is 31.9 Å². The molecule has 9 N–H and O–H groups in total. The van der Waals surface area contributed by atoms with E-state index in [1.54, 1.807) is 24.2 Å². The highest BCUT2D eigenvalue weighted by Gasteiger charge is 2.48. The van der Waals surface area contributed by atoms with Crippen molar-refractivity contribution < 1.29 is 66.4 Å². The first-order valence-corrected chi connectivity index (χ1v) is 39.6. The second-order valence-electron chi connectivity index (χ2n) is 31.2. The van der Waals surface area contributed by atoms with Crippen molar-refractivity contribution in [3.05, 3.63) is 85.6 Å². The minimum Gasteiger partial charge on any atom is -0.393 e. The quantitative estimate of drug-likeness (QED) is 0.0340. The summed E-state index contributed by atoms with van der Waals surface area (Å²) in [4.78, 5) is 113. The van der Waals surface area contributed by atoms with Gasteiger partial charge in [-0.05, 0) is 194 Å². The third-order valence-corrected chi connectivity index (χ3v) is 24.3. The fourth-order valence-electron chi connectivity index (χ4n) is 15.3. The predicted molar refractivity (Wildman–Crippen MR) is 401 cm³/mol. The Morgan fingerprint density at radius 1 is 0.598 bits per heavy atom. The van der Waals surface area contributed by atoms with Crippen LogP contribution in [0.4, 0.5) is 35.0 Å². The molecule has 3 aliphatic carbocycles. The molecule has 5 aliphatic heterocycles. The lowest BCUT2D eigenvalue weighted by molar-refractivity contribution is 0.0117. The van der Waals surface area contributed by atoms with Crippen LogP contribution in [-0.4, -0.2) is 206 Å². The summed E-state index contributed by atoms with van der Waals surface area (Å²) in [5.41, 5.74) is 2.91. The van der Waals surface area contributed by atoms with E-state index in [-0.39, 0.29) is 109 Å². The monoisotopic (exact) mass is 1540 g/mol. The number of thiazole rings is 3. The van der Waals surface area contributed by atoms with Crippen LogP contribution in [0.1, 0.15) is 236 Å². The topological polar surface area (TPSA) is 332 Å². The summed E-state index contributed by atoms with van der Waals surface area (Å²) < 4.78 is 61.8. The summed E-state index contributed by atoms with van der Waals surface area (Å²) in [5.74, 6) is -2.97. The lowest BCUT2D eigenvalue weighted by atomic mass is 10.0. The maximum atomic E-state index is 14.2. The highest BCUT2D eigenvalue weighted by molar-refractivity contribution is 7.18. The molecule has 6 aromatic heterocycles. The number of aliphatic hydroxyl groups is 3. The van der Waals surface area contributed by atoms with Crippen LogP contribution >= 0.6 is 34.0 Å². The molecule has 8 fully saturated rings. The molecule has 25 nitrogen and oxygen atoms in total. The van der Waals surface area contributed by atoms with Crippen molar-refractivity contribution >= 4 is 86.9 Å². The van der Waals surface area contributed by atoms with Gasteiger partial charge in [-0.1, -0.05) is 0 Å². The van der Waals surface area contributed by atoms with E-state index < -0.39 is 79.3 Å². The zero-order valence-electron chi connectivity index (χ0n) is 61.9. The second kappa shape index (κ2) is 32.7. The Labute approximate surface area is 631 Å². The average Bonchev–Trinajstić information content (AvgIpc) is 1.64. The van der Waals surface area contributed by atoms with E-state index in [1.807, 2.05) is 72.4 Å². The number of carbonyl (C=O) groups excluding carboxylic acids is 6. The van der Waals surface area contributed by atoms with E-state index in [0.717, 1.165) is 95.0 Å². The van der Waals surface area contributed by atoms with Crippen molar-refractivity contribution in [3.63, 3.8) is 0 Å². The van der Waals surface area contributed by atoms with E-state index in [0.29, 0.717) is 83.3 Å². The molecule has 0 radical (unpaired) electrons. The van der Waals surface area contributed by atoms with E-state index in [2.05, 4.69) is 68.7 Å². The van der Waals surface area contributed by atoms with E-state index >= 15 is 0 Å². The molecule has 5 saturated heterocycles. The Balaban J connectivity index is 0.000000150. The molecule has 2 bridgehead atoms. The molecule has 0 aromatic carbocycles. The van der Waals surface area contributed by atoms with Crippen molar-refractivity contribution in [2.24, 2.45) is 5.92 Å². The van der Waals surface area contributed by atoms with Gasteiger partial charge in [0.25, 0.3) is 47.8 Å². The number of aromatic nitrogens is 6. The highest BCUT2D eigenvalue weighted by Crippen LogP contribution is 2.44. The number of rotatable bonds is 19. The van der Waals surface area contributed by atoms with Gasteiger partial charge in [-0.15, -0.1) is 34.0 Å². The van der Waals surface area contributed by atoms with Crippen LogP contribution in [0.2, 0.25) is 0 Å². The predicted octanol–water partition coefficient (Wildman–Crippen LogP) is 11.4. The molecule has 0 spiro atoms. The molecule has 3 saturated carbocycles. The number of hydrogen-bond donors (Lipinski definition) is 9. The molecule has 107 heavy (non-hydrogen) atoms. The number of nitrogens with zero attached hydrogens (tertiary/aromatic N) is 9. The van der Waals surface area contributed by atoms with Crippen LogP contribution in [0, 0.1) is 19.8 Å². The summed E-state index contributed by atoms with van der Waals surface area (Å²) in [6.45, 7) is 19.6. The molecule has 578 valence electrons. The number of nitrogens with one attached hydrogen (secondary N) is 6. The Morgan fingerprint density at radius 2 is 1.13 bits per heavy atom. The molecule has 6 amide bonds. The lowest BCUT2D eigenvalue weighted by Gasteiger charge is -2.23. The van der Waals surface area contributed by atoms with Gasteiger partial charge < -0.3 is 66.7 Å². The number of hydrogen-bond acceptors (Lipinski definition) is 22. The first-order valence-electron chi connectivity index (χ1n) is 37.2. The number of anilines is 3. The molecule has 8 aliphatic rings. The van der Waals surface area contributed by atoms with E-state index in [9.17, 15) is 61.6 Å². The average molecular weight is 1540 g/mol. The smallest absolute Gasteiger partial charge is 0.280 e. The number of fused-ring (bicyclic) bond motifs is 2. The number of amides is 6. The van der Waals surface area contributed by atoms with Crippen molar-refractivity contribution in [2.75, 3.05) is 42.3 Å². The number of carbonyl (C=O) groups is 6. The normalized spacial score (nSPS) is 24.6. The Kier molecular flexibility index (Phi) is 24.1. The fourth-order valence-corrected chi connectivity index (χ4v) is 18.3. The summed E-state index contributed by atoms with van der Waals surface area (Å²) in [6.07, 6.45) is 11.7. The van der Waals surface area contributed by atoms with Crippen molar-refractivity contribution in [1.82, 2.24) is 60.6 Å². The van der Waals surface area contributed by atoms with E-state index in [1.165, 1.54) is 36.4 Å².